The number of amides is 1. The molecule has 8 nitrogen and oxygen atoms in total. The maximum Gasteiger partial charge on any atom is 0.264 e. The zero-order valence-electron chi connectivity index (χ0n) is 15.6. The molecule has 1 amide bonds. The summed E-state index contributed by atoms with van der Waals surface area (Å²) < 4.78 is 7.19. The largest absolute Gasteiger partial charge is 0.482 e. The number of nitrogens with one attached hydrogen (secondary N) is 1. The second-order valence-corrected chi connectivity index (χ2v) is 6.58. The normalized spacial score (nSPS) is 13.3. The fourth-order valence-corrected chi connectivity index (χ4v) is 3.04. The summed E-state index contributed by atoms with van der Waals surface area (Å²) in [5.74, 6) is 1.77. The lowest BCUT2D eigenvalue weighted by atomic mass is 10.2. The summed E-state index contributed by atoms with van der Waals surface area (Å²) in [5, 5.41) is 7.73. The molecule has 4 rings (SSSR count). The van der Waals surface area contributed by atoms with Crippen molar-refractivity contribution in [3.05, 3.63) is 47.4 Å². The van der Waals surface area contributed by atoms with Crippen LogP contribution in [0.15, 0.2) is 30.3 Å². The molecule has 0 atom stereocenters. The molecule has 0 bridgehead atoms. The molecule has 0 saturated heterocycles. The first-order valence-electron chi connectivity index (χ1n) is 8.60. The Morgan fingerprint density at radius 3 is 2.63 bits per heavy atom. The fourth-order valence-electron chi connectivity index (χ4n) is 3.04. The average Bonchev–Trinajstić information content (AvgIpc) is 2.96. The molecule has 2 aromatic heterocycles. The average molecular weight is 364 g/mol. The number of fused-ring (bicyclic) bond motifs is 1. The molecular weight excluding hydrogens is 344 g/mol. The maximum atomic E-state index is 11.9. The van der Waals surface area contributed by atoms with E-state index in [9.17, 15) is 4.79 Å². The van der Waals surface area contributed by atoms with Gasteiger partial charge in [-0.3, -0.25) is 4.79 Å². The van der Waals surface area contributed by atoms with Crippen molar-refractivity contribution in [3.8, 4) is 11.7 Å². The Morgan fingerprint density at radius 1 is 1.07 bits per heavy atom. The van der Waals surface area contributed by atoms with Crippen LogP contribution in [0.5, 0.6) is 5.75 Å². The maximum absolute atomic E-state index is 11.9. The van der Waals surface area contributed by atoms with Crippen LogP contribution in [0.2, 0.25) is 0 Å². The van der Waals surface area contributed by atoms with Gasteiger partial charge in [-0.05, 0) is 45.0 Å². The van der Waals surface area contributed by atoms with Gasteiger partial charge in [-0.2, -0.15) is 10.1 Å². The Balaban J connectivity index is 1.67. The third kappa shape index (κ3) is 3.21. The highest BCUT2D eigenvalue weighted by Crippen LogP contribution is 2.34. The van der Waals surface area contributed by atoms with Crippen molar-refractivity contribution >= 4 is 23.1 Å². The van der Waals surface area contributed by atoms with Crippen LogP contribution in [0.4, 0.5) is 17.2 Å². The van der Waals surface area contributed by atoms with Crippen molar-refractivity contribution in [3.63, 3.8) is 0 Å². The molecule has 27 heavy (non-hydrogen) atoms. The topological polar surface area (TPSA) is 85.2 Å². The molecule has 138 valence electrons. The van der Waals surface area contributed by atoms with Gasteiger partial charge in [0.2, 0.25) is 0 Å². The first kappa shape index (κ1) is 17.0. The Labute approximate surface area is 156 Å². The number of carbonyl (C=O) groups is 1. The van der Waals surface area contributed by atoms with E-state index in [1.165, 1.54) is 0 Å². The van der Waals surface area contributed by atoms with Gasteiger partial charge in [0.1, 0.15) is 11.6 Å². The van der Waals surface area contributed by atoms with Gasteiger partial charge in [0, 0.05) is 30.2 Å². The third-order valence-electron chi connectivity index (χ3n) is 4.36. The van der Waals surface area contributed by atoms with E-state index in [2.05, 4.69) is 20.4 Å². The molecule has 0 fully saturated rings. The second kappa shape index (κ2) is 6.39. The Bertz CT molecular complexity index is 1040. The molecule has 1 aliphatic rings. The van der Waals surface area contributed by atoms with Crippen molar-refractivity contribution in [2.24, 2.45) is 0 Å². The van der Waals surface area contributed by atoms with E-state index >= 15 is 0 Å². The molecule has 0 saturated carbocycles. The van der Waals surface area contributed by atoms with E-state index in [0.717, 1.165) is 28.5 Å². The molecule has 1 aliphatic heterocycles. The van der Waals surface area contributed by atoms with Crippen LogP contribution in [-0.2, 0) is 4.79 Å². The highest BCUT2D eigenvalue weighted by atomic mass is 16.5. The molecule has 0 aliphatic carbocycles. The van der Waals surface area contributed by atoms with E-state index in [-0.39, 0.29) is 12.5 Å². The molecule has 0 spiro atoms. The van der Waals surface area contributed by atoms with Gasteiger partial charge in [-0.1, -0.05) is 0 Å². The number of rotatable bonds is 3. The highest BCUT2D eigenvalue weighted by Gasteiger charge is 2.22. The molecule has 8 heteroatoms. The summed E-state index contributed by atoms with van der Waals surface area (Å²) in [7, 11) is 1.74. The summed E-state index contributed by atoms with van der Waals surface area (Å²) in [5.41, 5.74) is 4.23. The molecule has 0 unspecified atom stereocenters. The smallest absolute Gasteiger partial charge is 0.264 e. The predicted octanol–water partition coefficient (Wildman–Crippen LogP) is 2.69. The summed E-state index contributed by atoms with van der Waals surface area (Å²) in [4.78, 5) is 22.5. The number of carbonyl (C=O) groups excluding carboxylic acids is 1. The zero-order chi connectivity index (χ0) is 19.1. The number of aryl methyl sites for hydroxylation is 3. The van der Waals surface area contributed by atoms with E-state index < -0.39 is 0 Å². The van der Waals surface area contributed by atoms with Crippen LogP contribution in [0.1, 0.15) is 17.1 Å². The van der Waals surface area contributed by atoms with Gasteiger partial charge in [0.05, 0.1) is 11.4 Å². The minimum absolute atomic E-state index is 0.0629. The number of benzene rings is 1. The van der Waals surface area contributed by atoms with Gasteiger partial charge in [0.15, 0.2) is 6.61 Å². The highest BCUT2D eigenvalue weighted by molar-refractivity contribution is 5.98. The number of anilines is 3. The SMILES string of the molecule is Cc1cc(Nc2ccc3c(c2)N(C)C(=O)CO3)nc(-n2nc(C)cc2C)n1. The van der Waals surface area contributed by atoms with Gasteiger partial charge in [-0.25, -0.2) is 9.67 Å². The zero-order valence-corrected chi connectivity index (χ0v) is 15.6. The first-order chi connectivity index (χ1) is 12.9. The number of aromatic nitrogens is 4. The quantitative estimate of drug-likeness (QED) is 0.769. The summed E-state index contributed by atoms with van der Waals surface area (Å²) in [6.07, 6.45) is 0. The summed E-state index contributed by atoms with van der Waals surface area (Å²) >= 11 is 0. The lowest BCUT2D eigenvalue weighted by Gasteiger charge is -2.26. The standard InChI is InChI=1S/C19H20N6O2/c1-11-8-17(22-19(20-11)25-13(3)7-12(2)23-25)21-14-5-6-16-15(9-14)24(4)18(26)10-27-16/h5-9H,10H2,1-4H3,(H,20,21,22). The Hall–Kier alpha value is -3.42. The predicted molar refractivity (Wildman–Crippen MR) is 102 cm³/mol. The van der Waals surface area contributed by atoms with Crippen LogP contribution in [-0.4, -0.2) is 39.3 Å². The van der Waals surface area contributed by atoms with Crippen molar-refractivity contribution < 1.29 is 9.53 Å². The van der Waals surface area contributed by atoms with Crippen LogP contribution in [0.3, 0.4) is 0 Å². The van der Waals surface area contributed by atoms with E-state index in [1.54, 1.807) is 16.6 Å². The van der Waals surface area contributed by atoms with Crippen molar-refractivity contribution in [2.75, 3.05) is 23.9 Å². The van der Waals surface area contributed by atoms with Gasteiger partial charge in [0.25, 0.3) is 11.9 Å². The Morgan fingerprint density at radius 2 is 1.89 bits per heavy atom. The number of likely N-dealkylation sites (N-methyl/N-ethyl adjacent to an activating group) is 1. The lowest BCUT2D eigenvalue weighted by Crippen LogP contribution is -2.35. The molecule has 1 aromatic carbocycles. The lowest BCUT2D eigenvalue weighted by molar-refractivity contribution is -0.120. The van der Waals surface area contributed by atoms with Crippen molar-refractivity contribution in [1.82, 2.24) is 19.7 Å². The van der Waals surface area contributed by atoms with Crippen molar-refractivity contribution in [1.29, 1.82) is 0 Å². The number of hydrogen-bond acceptors (Lipinski definition) is 6. The van der Waals surface area contributed by atoms with Crippen LogP contribution < -0.4 is 15.0 Å². The fraction of sp³-hybridized carbons (Fsp3) is 0.263. The summed E-state index contributed by atoms with van der Waals surface area (Å²) in [6, 6.07) is 9.45. The molecule has 1 N–H and O–H groups in total. The van der Waals surface area contributed by atoms with E-state index in [0.29, 0.717) is 17.5 Å². The van der Waals surface area contributed by atoms with Gasteiger partial charge >= 0.3 is 0 Å². The summed E-state index contributed by atoms with van der Waals surface area (Å²) in [6.45, 7) is 5.88. The van der Waals surface area contributed by atoms with E-state index in [1.807, 2.05) is 51.1 Å². The molecule has 0 radical (unpaired) electrons. The number of nitrogens with zero attached hydrogens (tertiary/aromatic N) is 5. The minimum Gasteiger partial charge on any atom is -0.482 e. The first-order valence-corrected chi connectivity index (χ1v) is 8.60. The second-order valence-electron chi connectivity index (χ2n) is 6.58. The molecule has 3 heterocycles. The molecular formula is C19H20N6O2. The van der Waals surface area contributed by atoms with Crippen LogP contribution in [0, 0.1) is 20.8 Å². The third-order valence-corrected chi connectivity index (χ3v) is 4.36. The number of ether oxygens (including phenoxy) is 1. The van der Waals surface area contributed by atoms with E-state index in [4.69, 9.17) is 4.74 Å². The van der Waals surface area contributed by atoms with Gasteiger partial charge < -0.3 is 15.0 Å². The monoisotopic (exact) mass is 364 g/mol. The van der Waals surface area contributed by atoms with Crippen LogP contribution >= 0.6 is 0 Å². The van der Waals surface area contributed by atoms with Crippen LogP contribution in [0.25, 0.3) is 5.95 Å². The van der Waals surface area contributed by atoms with Gasteiger partial charge in [-0.15, -0.1) is 0 Å². The minimum atomic E-state index is -0.0793. The number of hydrogen-bond donors (Lipinski definition) is 1. The molecule has 3 aromatic rings. The Kier molecular flexibility index (Phi) is 4.02. The van der Waals surface area contributed by atoms with Crippen molar-refractivity contribution in [2.45, 2.75) is 20.8 Å².